The molecule has 0 saturated heterocycles. The van der Waals surface area contributed by atoms with Gasteiger partial charge in [-0.15, -0.1) is 0 Å². The maximum absolute atomic E-state index is 6.21. The van der Waals surface area contributed by atoms with Gasteiger partial charge in [0.2, 0.25) is 0 Å². The van der Waals surface area contributed by atoms with Crippen LogP contribution in [0, 0.1) is 0 Å². The Balaban J connectivity index is -0.000000176. The molecule has 0 saturated carbocycles. The summed E-state index contributed by atoms with van der Waals surface area (Å²) in [5.41, 5.74) is 1.41. The molecule has 0 aliphatic heterocycles. The smallest absolute Gasteiger partial charge is 0.0228 e. The van der Waals surface area contributed by atoms with Crippen LogP contribution in [0.25, 0.3) is 0 Å². The van der Waals surface area contributed by atoms with Crippen molar-refractivity contribution in [2.45, 2.75) is 54.9 Å². The lowest BCUT2D eigenvalue weighted by atomic mass is 10.2. The average Bonchev–Trinajstić information content (AvgIpc) is 2.36. The highest BCUT2D eigenvalue weighted by Crippen LogP contribution is 1.96. The second kappa shape index (κ2) is 22.8. The quantitative estimate of drug-likeness (QED) is 0.571. The zero-order valence-electron chi connectivity index (χ0n) is 11.8. The summed E-state index contributed by atoms with van der Waals surface area (Å²) in [6.07, 6.45) is 1.14. The van der Waals surface area contributed by atoms with Crippen molar-refractivity contribution in [3.05, 3.63) is 35.9 Å². The molecule has 1 aromatic carbocycles. The molecule has 0 unspecified atom stereocenters. The van der Waals surface area contributed by atoms with Gasteiger partial charge in [-0.2, -0.15) is 0 Å². The number of hydrogen-bond acceptors (Lipinski definition) is 0. The maximum Gasteiger partial charge on any atom is 0.0228 e. The summed E-state index contributed by atoms with van der Waals surface area (Å²) in [6.45, 7) is 12.5. The van der Waals surface area contributed by atoms with Crippen LogP contribution in [0.15, 0.2) is 30.3 Å². The highest BCUT2D eigenvalue weighted by molar-refractivity contribution is 5.13. The number of rotatable bonds is 1. The molecule has 0 aromatic heterocycles. The fraction of sp³-hybridized carbons (Fsp3) is 0.571. The molecule has 0 bridgehead atoms. The van der Waals surface area contributed by atoms with Gasteiger partial charge in [0.15, 0.2) is 0 Å². The Morgan fingerprint density at radius 2 is 1.29 bits per heavy atom. The van der Waals surface area contributed by atoms with Crippen LogP contribution < -0.4 is 0 Å². The predicted molar refractivity (Wildman–Crippen MR) is 69.9 cm³/mol. The molecule has 0 aliphatic rings. The third-order valence-corrected chi connectivity index (χ3v) is 1.25. The van der Waals surface area contributed by atoms with Crippen LogP contribution in [0.5, 0.6) is 0 Å². The van der Waals surface area contributed by atoms with E-state index in [0.29, 0.717) is 6.90 Å². The molecule has 0 heterocycles. The second-order valence-corrected chi connectivity index (χ2v) is 1.84. The monoisotopic (exact) mass is 197 g/mol. The molecule has 84 valence electrons. The summed E-state index contributed by atoms with van der Waals surface area (Å²) in [5, 5.41) is 0. The molecule has 0 N–H and O–H groups in total. The molecular weight excluding hydrogens is 168 g/mol. The molecule has 14 heavy (non-hydrogen) atoms. The van der Waals surface area contributed by atoms with Crippen molar-refractivity contribution in [3.63, 3.8) is 0 Å². The minimum Gasteiger partial charge on any atom is -0.0683 e. The Hall–Kier alpha value is -0.780. The standard InChI is InChI=1S/C8H10.3C2H6/c1-2-8-6-4-3-5-7-8;3*1-2/h3-7H,2H2,1H3;3*1-2H3/i;1D;;. The van der Waals surface area contributed by atoms with E-state index in [-0.39, 0.29) is 0 Å². The van der Waals surface area contributed by atoms with Crippen molar-refractivity contribution >= 4 is 0 Å². The lowest BCUT2D eigenvalue weighted by Crippen LogP contribution is -1.73. The Labute approximate surface area is 92.8 Å². The molecule has 1 rings (SSSR count). The Morgan fingerprint density at radius 3 is 1.50 bits per heavy atom. The van der Waals surface area contributed by atoms with Crippen LogP contribution in [0.2, 0.25) is 0 Å². The fourth-order valence-corrected chi connectivity index (χ4v) is 0.714. The van der Waals surface area contributed by atoms with Crippen molar-refractivity contribution in [1.29, 1.82) is 0 Å². The van der Waals surface area contributed by atoms with Crippen LogP contribution in [-0.4, -0.2) is 0 Å². The van der Waals surface area contributed by atoms with Gasteiger partial charge in [-0.05, 0) is 12.0 Å². The summed E-state index contributed by atoms with van der Waals surface area (Å²) >= 11 is 0. The molecule has 0 nitrogen and oxygen atoms in total. The summed E-state index contributed by atoms with van der Waals surface area (Å²) < 4.78 is 6.21. The SMILES string of the molecule is CC.CC.CCc1ccccc1.[2H]CC. The van der Waals surface area contributed by atoms with E-state index in [1.54, 1.807) is 6.92 Å². The number of aryl methyl sites for hydroxylation is 1. The van der Waals surface area contributed by atoms with Gasteiger partial charge in [0.25, 0.3) is 0 Å². The van der Waals surface area contributed by atoms with Gasteiger partial charge in [0, 0.05) is 1.37 Å². The first-order valence-electron chi connectivity index (χ1n) is 6.39. The van der Waals surface area contributed by atoms with Gasteiger partial charge in [0.1, 0.15) is 0 Å². The first-order chi connectivity index (χ1) is 7.35. The molecule has 0 aliphatic carbocycles. The van der Waals surface area contributed by atoms with Crippen LogP contribution in [0.3, 0.4) is 0 Å². The maximum atomic E-state index is 6.21. The Kier molecular flexibility index (Phi) is 25.5. The molecule has 0 atom stereocenters. The van der Waals surface area contributed by atoms with E-state index in [1.165, 1.54) is 5.56 Å². The highest BCUT2D eigenvalue weighted by atomic mass is 13.9. The van der Waals surface area contributed by atoms with Crippen LogP contribution in [-0.2, 0) is 6.42 Å². The van der Waals surface area contributed by atoms with Gasteiger partial charge < -0.3 is 0 Å². The van der Waals surface area contributed by atoms with Gasteiger partial charge in [-0.1, -0.05) is 78.8 Å². The van der Waals surface area contributed by atoms with Crippen molar-refractivity contribution in [2.24, 2.45) is 0 Å². The van der Waals surface area contributed by atoms with Gasteiger partial charge >= 0.3 is 0 Å². The van der Waals surface area contributed by atoms with E-state index in [9.17, 15) is 0 Å². The third kappa shape index (κ3) is 13.8. The van der Waals surface area contributed by atoms with Crippen molar-refractivity contribution in [3.8, 4) is 0 Å². The van der Waals surface area contributed by atoms with Crippen molar-refractivity contribution in [2.75, 3.05) is 0 Å². The normalized spacial score (nSPS) is 7.43. The Bertz CT molecular complexity index is 158. The average molecular weight is 197 g/mol. The van der Waals surface area contributed by atoms with E-state index in [0.717, 1.165) is 6.42 Å². The lowest BCUT2D eigenvalue weighted by Gasteiger charge is -1.89. The zero-order valence-corrected chi connectivity index (χ0v) is 10.8. The molecule has 0 radical (unpaired) electrons. The zero-order chi connectivity index (χ0) is 12.5. The summed E-state index contributed by atoms with van der Waals surface area (Å²) in [4.78, 5) is 0. The van der Waals surface area contributed by atoms with E-state index >= 15 is 0 Å². The van der Waals surface area contributed by atoms with E-state index < -0.39 is 0 Å². The highest BCUT2D eigenvalue weighted by Gasteiger charge is 1.79. The molecule has 1 aromatic rings. The van der Waals surface area contributed by atoms with Crippen molar-refractivity contribution in [1.82, 2.24) is 0 Å². The molecular formula is C14H28. The summed E-state index contributed by atoms with van der Waals surface area (Å²) in [6, 6.07) is 10.5. The molecule has 0 amide bonds. The van der Waals surface area contributed by atoms with E-state index in [1.807, 2.05) is 33.8 Å². The van der Waals surface area contributed by atoms with Crippen LogP contribution in [0.1, 0.15) is 55.4 Å². The summed E-state index contributed by atoms with van der Waals surface area (Å²) in [5.74, 6) is 0. The minimum absolute atomic E-state index is 0.500. The third-order valence-electron chi connectivity index (χ3n) is 1.25. The first kappa shape index (κ1) is 15.7. The first-order valence-corrected chi connectivity index (χ1v) is 5.68. The van der Waals surface area contributed by atoms with Crippen LogP contribution >= 0.6 is 0 Å². The van der Waals surface area contributed by atoms with Gasteiger partial charge in [-0.25, -0.2) is 0 Å². The topological polar surface area (TPSA) is 0 Å². The molecule has 0 fully saturated rings. The second-order valence-electron chi connectivity index (χ2n) is 1.84. The number of benzene rings is 1. The molecule has 0 heteroatoms. The fourth-order valence-electron chi connectivity index (χ4n) is 0.714. The van der Waals surface area contributed by atoms with Crippen molar-refractivity contribution < 1.29 is 1.37 Å². The minimum atomic E-state index is 0.500. The van der Waals surface area contributed by atoms with E-state index in [2.05, 4.69) is 31.2 Å². The lowest BCUT2D eigenvalue weighted by molar-refractivity contribution is 1.14. The molecule has 0 spiro atoms. The predicted octanol–water partition coefficient (Wildman–Crippen LogP) is 5.33. The Morgan fingerprint density at radius 1 is 0.929 bits per heavy atom. The number of hydrogen-bond donors (Lipinski definition) is 0. The van der Waals surface area contributed by atoms with E-state index in [4.69, 9.17) is 1.37 Å². The van der Waals surface area contributed by atoms with Gasteiger partial charge in [0.05, 0.1) is 0 Å². The largest absolute Gasteiger partial charge is 0.0683 e. The van der Waals surface area contributed by atoms with Gasteiger partial charge in [-0.3, -0.25) is 0 Å². The summed E-state index contributed by atoms with van der Waals surface area (Å²) in [7, 11) is 0. The van der Waals surface area contributed by atoms with Crippen LogP contribution in [0.4, 0.5) is 0 Å².